The molecule has 0 aliphatic carbocycles. The molecule has 0 fully saturated rings. The summed E-state index contributed by atoms with van der Waals surface area (Å²) in [6, 6.07) is 17.4. The van der Waals surface area contributed by atoms with Crippen LogP contribution in [0.5, 0.6) is 0 Å². The van der Waals surface area contributed by atoms with Gasteiger partial charge in [-0.3, -0.25) is 9.59 Å². The standard InChI is InChI=1S/C20H20N2O2S/c1-2-15-8-10-17(11-9-15)21-19(23)12-22-18(13-25-14-20(22)24)16-6-4-3-5-7-16/h3-11,13H,2,12,14H2,1H3,(H,21,23). The number of thioether (sulfide) groups is 1. The van der Waals surface area contributed by atoms with Gasteiger partial charge in [-0.25, -0.2) is 0 Å². The van der Waals surface area contributed by atoms with Crippen molar-refractivity contribution >= 4 is 35.0 Å². The molecular formula is C20H20N2O2S. The van der Waals surface area contributed by atoms with E-state index in [2.05, 4.69) is 12.2 Å². The van der Waals surface area contributed by atoms with Gasteiger partial charge in [-0.15, -0.1) is 11.8 Å². The number of amides is 2. The lowest BCUT2D eigenvalue weighted by Gasteiger charge is -2.28. The van der Waals surface area contributed by atoms with E-state index in [0.717, 1.165) is 23.4 Å². The Morgan fingerprint density at radius 1 is 1.12 bits per heavy atom. The monoisotopic (exact) mass is 352 g/mol. The van der Waals surface area contributed by atoms with Crippen molar-refractivity contribution in [2.24, 2.45) is 0 Å². The normalized spacial score (nSPS) is 14.2. The quantitative estimate of drug-likeness (QED) is 0.891. The van der Waals surface area contributed by atoms with Crippen molar-refractivity contribution in [3.05, 3.63) is 71.1 Å². The van der Waals surface area contributed by atoms with E-state index in [1.807, 2.05) is 60.0 Å². The predicted molar refractivity (Wildman–Crippen MR) is 103 cm³/mol. The topological polar surface area (TPSA) is 49.4 Å². The van der Waals surface area contributed by atoms with E-state index in [4.69, 9.17) is 0 Å². The van der Waals surface area contributed by atoms with E-state index in [1.165, 1.54) is 17.3 Å². The zero-order valence-corrected chi connectivity index (χ0v) is 14.9. The van der Waals surface area contributed by atoms with Gasteiger partial charge < -0.3 is 10.2 Å². The van der Waals surface area contributed by atoms with Crippen LogP contribution in [0.25, 0.3) is 5.70 Å². The average Bonchev–Trinajstić information content (AvgIpc) is 2.65. The van der Waals surface area contributed by atoms with Gasteiger partial charge in [0.1, 0.15) is 6.54 Å². The number of carbonyl (C=O) groups is 2. The average molecular weight is 352 g/mol. The number of hydrogen-bond acceptors (Lipinski definition) is 3. The zero-order chi connectivity index (χ0) is 17.6. The molecule has 0 aromatic heterocycles. The molecule has 1 aliphatic rings. The number of aryl methyl sites for hydroxylation is 1. The SMILES string of the molecule is CCc1ccc(NC(=O)CN2C(=O)CSC=C2c2ccccc2)cc1. The fourth-order valence-corrected chi connectivity index (χ4v) is 3.44. The first-order valence-electron chi connectivity index (χ1n) is 8.23. The summed E-state index contributed by atoms with van der Waals surface area (Å²) in [6.07, 6.45) is 0.958. The summed E-state index contributed by atoms with van der Waals surface area (Å²) in [4.78, 5) is 26.3. The molecule has 2 aromatic carbocycles. The van der Waals surface area contributed by atoms with Gasteiger partial charge in [-0.2, -0.15) is 0 Å². The summed E-state index contributed by atoms with van der Waals surface area (Å²) in [5, 5.41) is 4.81. The molecule has 2 aromatic rings. The summed E-state index contributed by atoms with van der Waals surface area (Å²) < 4.78 is 0. The highest BCUT2D eigenvalue weighted by atomic mass is 32.2. The molecule has 5 heteroatoms. The Bertz CT molecular complexity index is 785. The molecule has 0 unspecified atom stereocenters. The number of nitrogens with one attached hydrogen (secondary N) is 1. The highest BCUT2D eigenvalue weighted by molar-refractivity contribution is 8.03. The second-order valence-corrected chi connectivity index (χ2v) is 6.62. The predicted octanol–water partition coefficient (Wildman–Crippen LogP) is 3.76. The second kappa shape index (κ2) is 8.03. The van der Waals surface area contributed by atoms with Gasteiger partial charge in [0.05, 0.1) is 11.4 Å². The Kier molecular flexibility index (Phi) is 5.56. The van der Waals surface area contributed by atoms with E-state index in [9.17, 15) is 9.59 Å². The van der Waals surface area contributed by atoms with Crippen molar-refractivity contribution in [1.82, 2.24) is 4.90 Å². The number of rotatable bonds is 5. The van der Waals surface area contributed by atoms with Crippen molar-refractivity contribution in [3.8, 4) is 0 Å². The summed E-state index contributed by atoms with van der Waals surface area (Å²) in [5.74, 6) is 0.101. The molecule has 0 saturated heterocycles. The van der Waals surface area contributed by atoms with Crippen LogP contribution in [0, 0.1) is 0 Å². The molecule has 2 amide bonds. The molecule has 0 bridgehead atoms. The van der Waals surface area contributed by atoms with Gasteiger partial charge in [-0.1, -0.05) is 49.4 Å². The van der Waals surface area contributed by atoms with E-state index in [0.29, 0.717) is 5.75 Å². The molecule has 1 N–H and O–H groups in total. The molecule has 25 heavy (non-hydrogen) atoms. The second-order valence-electron chi connectivity index (χ2n) is 5.76. The number of carbonyl (C=O) groups excluding carboxylic acids is 2. The number of benzene rings is 2. The maximum Gasteiger partial charge on any atom is 0.244 e. The first-order valence-corrected chi connectivity index (χ1v) is 9.28. The summed E-state index contributed by atoms with van der Waals surface area (Å²) >= 11 is 1.46. The van der Waals surface area contributed by atoms with Crippen molar-refractivity contribution in [3.63, 3.8) is 0 Å². The van der Waals surface area contributed by atoms with Gasteiger partial charge in [0.2, 0.25) is 11.8 Å². The highest BCUT2D eigenvalue weighted by Gasteiger charge is 2.25. The van der Waals surface area contributed by atoms with Gasteiger partial charge in [-0.05, 0) is 35.1 Å². The lowest BCUT2D eigenvalue weighted by molar-refractivity contribution is -0.129. The number of anilines is 1. The summed E-state index contributed by atoms with van der Waals surface area (Å²) in [6.45, 7) is 2.10. The molecule has 128 valence electrons. The smallest absolute Gasteiger partial charge is 0.244 e. The van der Waals surface area contributed by atoms with Crippen LogP contribution in [0.3, 0.4) is 0 Å². The van der Waals surface area contributed by atoms with Crippen molar-refractivity contribution in [1.29, 1.82) is 0 Å². The van der Waals surface area contributed by atoms with E-state index in [1.54, 1.807) is 4.90 Å². The molecule has 1 aliphatic heterocycles. The summed E-state index contributed by atoms with van der Waals surface area (Å²) in [5.41, 5.74) is 3.67. The molecule has 3 rings (SSSR count). The first-order chi connectivity index (χ1) is 12.2. The Balaban J connectivity index is 1.72. The molecule has 0 spiro atoms. The Labute approximate surface area is 151 Å². The Morgan fingerprint density at radius 2 is 1.84 bits per heavy atom. The van der Waals surface area contributed by atoms with E-state index >= 15 is 0 Å². The Hall–Kier alpha value is -2.53. The van der Waals surface area contributed by atoms with Crippen LogP contribution in [0.4, 0.5) is 5.69 Å². The van der Waals surface area contributed by atoms with E-state index < -0.39 is 0 Å². The first kappa shape index (κ1) is 17.3. The molecule has 0 atom stereocenters. The van der Waals surface area contributed by atoms with Crippen LogP contribution in [0.15, 0.2) is 60.0 Å². The van der Waals surface area contributed by atoms with Gasteiger partial charge >= 0.3 is 0 Å². The van der Waals surface area contributed by atoms with Gasteiger partial charge in [0.15, 0.2) is 0 Å². The highest BCUT2D eigenvalue weighted by Crippen LogP contribution is 2.28. The van der Waals surface area contributed by atoms with Crippen LogP contribution in [0.1, 0.15) is 18.1 Å². The summed E-state index contributed by atoms with van der Waals surface area (Å²) in [7, 11) is 0. The maximum atomic E-state index is 12.4. The van der Waals surface area contributed by atoms with Crippen LogP contribution in [-0.2, 0) is 16.0 Å². The fraction of sp³-hybridized carbons (Fsp3) is 0.200. The minimum atomic E-state index is -0.202. The van der Waals surface area contributed by atoms with Crippen LogP contribution in [0.2, 0.25) is 0 Å². The lowest BCUT2D eigenvalue weighted by Crippen LogP contribution is -2.39. The molecule has 0 radical (unpaired) electrons. The van der Waals surface area contributed by atoms with E-state index in [-0.39, 0.29) is 18.4 Å². The lowest BCUT2D eigenvalue weighted by atomic mass is 10.1. The largest absolute Gasteiger partial charge is 0.325 e. The number of hydrogen-bond donors (Lipinski definition) is 1. The third-order valence-corrected chi connectivity index (χ3v) is 4.81. The van der Waals surface area contributed by atoms with Crippen molar-refractivity contribution < 1.29 is 9.59 Å². The fourth-order valence-electron chi connectivity index (χ4n) is 2.64. The van der Waals surface area contributed by atoms with Crippen molar-refractivity contribution in [2.45, 2.75) is 13.3 Å². The third kappa shape index (κ3) is 4.31. The third-order valence-electron chi connectivity index (χ3n) is 4.01. The molecular weight excluding hydrogens is 332 g/mol. The zero-order valence-electron chi connectivity index (χ0n) is 14.1. The van der Waals surface area contributed by atoms with Crippen LogP contribution in [-0.4, -0.2) is 29.0 Å². The van der Waals surface area contributed by atoms with Gasteiger partial charge in [0.25, 0.3) is 0 Å². The number of nitrogens with zero attached hydrogens (tertiary/aromatic N) is 1. The van der Waals surface area contributed by atoms with Gasteiger partial charge in [0, 0.05) is 5.69 Å². The minimum Gasteiger partial charge on any atom is -0.325 e. The van der Waals surface area contributed by atoms with Crippen LogP contribution >= 0.6 is 11.8 Å². The molecule has 1 heterocycles. The van der Waals surface area contributed by atoms with Crippen LogP contribution < -0.4 is 5.32 Å². The van der Waals surface area contributed by atoms with Crippen molar-refractivity contribution in [2.75, 3.05) is 17.6 Å². The maximum absolute atomic E-state index is 12.4. The molecule has 4 nitrogen and oxygen atoms in total. The minimum absolute atomic E-state index is 0.00957. The molecule has 0 saturated carbocycles. The Morgan fingerprint density at radius 3 is 2.52 bits per heavy atom.